The molecule has 3 heteroatoms. The minimum absolute atomic E-state index is 0.0759. The van der Waals surface area contributed by atoms with Crippen molar-refractivity contribution in [2.24, 2.45) is 10.2 Å². The van der Waals surface area contributed by atoms with E-state index in [0.717, 1.165) is 22.4 Å². The number of phenolic OH excluding ortho intramolecular Hbond substituents is 1. The van der Waals surface area contributed by atoms with Crippen LogP contribution in [0.2, 0.25) is 0 Å². The third kappa shape index (κ3) is 3.99. The molecule has 0 aliphatic heterocycles. The van der Waals surface area contributed by atoms with Gasteiger partial charge >= 0.3 is 0 Å². The Labute approximate surface area is 155 Å². The molecule has 0 aliphatic carbocycles. The van der Waals surface area contributed by atoms with E-state index in [-0.39, 0.29) is 12.0 Å². The average molecular weight is 344 g/mol. The summed E-state index contributed by atoms with van der Waals surface area (Å²) in [7, 11) is 0. The van der Waals surface area contributed by atoms with Gasteiger partial charge in [0.2, 0.25) is 0 Å². The van der Waals surface area contributed by atoms with Crippen LogP contribution in [0.3, 0.4) is 0 Å². The van der Waals surface area contributed by atoms with Crippen LogP contribution in [0.25, 0.3) is 0 Å². The number of nitrogens with zero attached hydrogens (tertiary/aromatic N) is 2. The van der Waals surface area contributed by atoms with Crippen LogP contribution in [0.4, 0.5) is 5.69 Å². The van der Waals surface area contributed by atoms with Gasteiger partial charge in [0, 0.05) is 5.92 Å². The molecule has 2 unspecified atom stereocenters. The molecule has 26 heavy (non-hydrogen) atoms. The SMILES string of the molecule is Cc1cc(N=NC(c2ccccc2)C(C)c2ccccc2)cc(C)c1O. The Morgan fingerprint density at radius 1 is 0.769 bits per heavy atom. The fourth-order valence-electron chi connectivity index (χ4n) is 3.16. The van der Waals surface area contributed by atoms with Gasteiger partial charge < -0.3 is 5.11 Å². The molecule has 3 rings (SSSR count). The molecule has 0 amide bonds. The average Bonchev–Trinajstić information content (AvgIpc) is 2.67. The van der Waals surface area contributed by atoms with Gasteiger partial charge in [0.15, 0.2) is 0 Å². The van der Waals surface area contributed by atoms with Crippen molar-refractivity contribution in [1.29, 1.82) is 0 Å². The fourth-order valence-corrected chi connectivity index (χ4v) is 3.16. The van der Waals surface area contributed by atoms with E-state index < -0.39 is 0 Å². The maximum atomic E-state index is 9.95. The molecule has 0 radical (unpaired) electrons. The number of azo groups is 1. The fraction of sp³-hybridized carbons (Fsp3) is 0.217. The summed E-state index contributed by atoms with van der Waals surface area (Å²) >= 11 is 0. The molecule has 132 valence electrons. The first-order chi connectivity index (χ1) is 12.6. The number of phenols is 1. The number of aromatic hydroxyl groups is 1. The summed E-state index contributed by atoms with van der Waals surface area (Å²) in [5.41, 5.74) is 4.76. The molecule has 0 fully saturated rings. The van der Waals surface area contributed by atoms with Crippen LogP contribution in [0.15, 0.2) is 83.0 Å². The van der Waals surface area contributed by atoms with E-state index in [1.165, 1.54) is 5.56 Å². The highest BCUT2D eigenvalue weighted by atomic mass is 16.3. The van der Waals surface area contributed by atoms with E-state index >= 15 is 0 Å². The maximum Gasteiger partial charge on any atom is 0.121 e. The second-order valence-corrected chi connectivity index (χ2v) is 6.70. The number of hydrogen-bond acceptors (Lipinski definition) is 3. The van der Waals surface area contributed by atoms with Crippen molar-refractivity contribution in [1.82, 2.24) is 0 Å². The summed E-state index contributed by atoms with van der Waals surface area (Å²) in [6.45, 7) is 5.94. The van der Waals surface area contributed by atoms with Crippen molar-refractivity contribution in [3.63, 3.8) is 0 Å². The Hall–Kier alpha value is -2.94. The summed E-state index contributed by atoms with van der Waals surface area (Å²) < 4.78 is 0. The highest BCUT2D eigenvalue weighted by Crippen LogP contribution is 2.35. The summed E-state index contributed by atoms with van der Waals surface area (Å²) in [4.78, 5) is 0. The first-order valence-corrected chi connectivity index (χ1v) is 8.87. The minimum Gasteiger partial charge on any atom is -0.507 e. The Morgan fingerprint density at radius 3 is 1.81 bits per heavy atom. The van der Waals surface area contributed by atoms with Crippen LogP contribution in [-0.4, -0.2) is 5.11 Å². The normalized spacial score (nSPS) is 13.7. The highest BCUT2D eigenvalue weighted by molar-refractivity contribution is 5.50. The second kappa shape index (κ2) is 7.96. The second-order valence-electron chi connectivity index (χ2n) is 6.70. The predicted octanol–water partition coefficient (Wildman–Crippen LogP) is 6.64. The predicted molar refractivity (Wildman–Crippen MR) is 106 cm³/mol. The molecular formula is C23H24N2O. The zero-order chi connectivity index (χ0) is 18.5. The van der Waals surface area contributed by atoms with E-state index in [1.807, 2.05) is 50.2 Å². The highest BCUT2D eigenvalue weighted by Gasteiger charge is 2.20. The van der Waals surface area contributed by atoms with E-state index in [2.05, 4.69) is 48.4 Å². The topological polar surface area (TPSA) is 45.0 Å². The lowest BCUT2D eigenvalue weighted by Gasteiger charge is -2.20. The molecule has 0 spiro atoms. The van der Waals surface area contributed by atoms with Gasteiger partial charge in [-0.2, -0.15) is 10.2 Å². The Morgan fingerprint density at radius 2 is 1.27 bits per heavy atom. The quantitative estimate of drug-likeness (QED) is 0.518. The molecule has 0 saturated heterocycles. The van der Waals surface area contributed by atoms with Crippen LogP contribution >= 0.6 is 0 Å². The van der Waals surface area contributed by atoms with Gasteiger partial charge in [-0.15, -0.1) is 0 Å². The zero-order valence-electron chi connectivity index (χ0n) is 15.4. The van der Waals surface area contributed by atoms with Crippen LogP contribution in [0, 0.1) is 13.8 Å². The van der Waals surface area contributed by atoms with Gasteiger partial charge in [-0.05, 0) is 48.2 Å². The van der Waals surface area contributed by atoms with Crippen LogP contribution in [0.5, 0.6) is 5.75 Å². The van der Waals surface area contributed by atoms with Crippen molar-refractivity contribution in [3.05, 3.63) is 95.1 Å². The molecule has 3 aromatic carbocycles. The number of rotatable bonds is 5. The molecule has 1 N–H and O–H groups in total. The molecular weight excluding hydrogens is 320 g/mol. The van der Waals surface area contributed by atoms with Gasteiger partial charge in [0.05, 0.1) is 5.69 Å². The van der Waals surface area contributed by atoms with Crippen molar-refractivity contribution in [2.45, 2.75) is 32.7 Å². The molecule has 0 aromatic heterocycles. The number of hydrogen-bond donors (Lipinski definition) is 1. The van der Waals surface area contributed by atoms with Gasteiger partial charge in [-0.25, -0.2) is 0 Å². The number of aryl methyl sites for hydroxylation is 2. The molecule has 0 aliphatic rings. The van der Waals surface area contributed by atoms with Gasteiger partial charge in [0.25, 0.3) is 0 Å². The van der Waals surface area contributed by atoms with Gasteiger partial charge in [-0.3, -0.25) is 0 Å². The minimum atomic E-state index is -0.0759. The lowest BCUT2D eigenvalue weighted by atomic mass is 9.89. The molecule has 3 nitrogen and oxygen atoms in total. The smallest absolute Gasteiger partial charge is 0.121 e. The number of benzene rings is 3. The third-order valence-electron chi connectivity index (χ3n) is 4.71. The molecule has 0 saturated carbocycles. The van der Waals surface area contributed by atoms with Gasteiger partial charge in [0.1, 0.15) is 11.8 Å². The lowest BCUT2D eigenvalue weighted by Crippen LogP contribution is -2.05. The third-order valence-corrected chi connectivity index (χ3v) is 4.71. The summed E-state index contributed by atoms with van der Waals surface area (Å²) in [5, 5.41) is 19.2. The van der Waals surface area contributed by atoms with Crippen LogP contribution in [0.1, 0.15) is 41.1 Å². The Bertz CT molecular complexity index is 866. The molecule has 0 heterocycles. The summed E-state index contributed by atoms with van der Waals surface area (Å²) in [6, 6.07) is 24.3. The van der Waals surface area contributed by atoms with Crippen molar-refractivity contribution >= 4 is 5.69 Å². The van der Waals surface area contributed by atoms with Crippen LogP contribution < -0.4 is 0 Å². The van der Waals surface area contributed by atoms with Gasteiger partial charge in [-0.1, -0.05) is 67.6 Å². The lowest BCUT2D eigenvalue weighted by molar-refractivity contribution is 0.467. The van der Waals surface area contributed by atoms with Crippen molar-refractivity contribution < 1.29 is 5.11 Å². The van der Waals surface area contributed by atoms with Crippen molar-refractivity contribution in [2.75, 3.05) is 0 Å². The maximum absolute atomic E-state index is 9.95. The Kier molecular flexibility index (Phi) is 5.47. The first-order valence-electron chi connectivity index (χ1n) is 8.87. The van der Waals surface area contributed by atoms with E-state index in [9.17, 15) is 5.11 Å². The molecule has 3 aromatic rings. The zero-order valence-corrected chi connectivity index (χ0v) is 15.4. The van der Waals surface area contributed by atoms with E-state index in [0.29, 0.717) is 5.75 Å². The largest absolute Gasteiger partial charge is 0.507 e. The summed E-state index contributed by atoms with van der Waals surface area (Å²) in [5.74, 6) is 0.517. The monoisotopic (exact) mass is 344 g/mol. The molecule has 0 bridgehead atoms. The summed E-state index contributed by atoms with van der Waals surface area (Å²) in [6.07, 6.45) is 0. The van der Waals surface area contributed by atoms with E-state index in [1.54, 1.807) is 0 Å². The standard InChI is InChI=1S/C23H24N2O/c1-16-14-21(15-17(2)23(16)26)24-25-22(20-12-8-5-9-13-20)18(3)19-10-6-4-7-11-19/h4-15,18,22,26H,1-3H3. The Balaban J connectivity index is 1.96. The molecule has 2 atom stereocenters. The van der Waals surface area contributed by atoms with Crippen molar-refractivity contribution in [3.8, 4) is 5.75 Å². The van der Waals surface area contributed by atoms with Crippen LogP contribution in [-0.2, 0) is 0 Å². The first kappa shape index (κ1) is 17.9. The van der Waals surface area contributed by atoms with E-state index in [4.69, 9.17) is 5.11 Å².